The topological polar surface area (TPSA) is 79.5 Å². The van der Waals surface area contributed by atoms with Gasteiger partial charge in [0.25, 0.3) is 5.91 Å². The Labute approximate surface area is 226 Å². The van der Waals surface area contributed by atoms with E-state index in [0.717, 1.165) is 29.0 Å². The number of amides is 2. The van der Waals surface area contributed by atoms with Crippen molar-refractivity contribution in [3.05, 3.63) is 84.4 Å². The number of ether oxygens (including phenoxy) is 1. The predicted octanol–water partition coefficient (Wildman–Crippen LogP) is 6.05. The Morgan fingerprint density at radius 3 is 2.34 bits per heavy atom. The monoisotopic (exact) mass is 513 g/mol. The molecule has 0 radical (unpaired) electrons. The highest BCUT2D eigenvalue weighted by Crippen LogP contribution is 2.28. The molecule has 0 saturated heterocycles. The molecule has 3 aromatic rings. The zero-order chi connectivity index (χ0) is 26.6. The summed E-state index contributed by atoms with van der Waals surface area (Å²) in [6.07, 6.45) is 7.85. The molecule has 3 N–H and O–H groups in total. The van der Waals surface area contributed by atoms with E-state index >= 15 is 0 Å². The number of hydrogen-bond acceptors (Lipinski definition) is 4. The Bertz CT molecular complexity index is 1160. The van der Waals surface area contributed by atoms with Gasteiger partial charge in [0.2, 0.25) is 5.91 Å². The fourth-order valence-electron chi connectivity index (χ4n) is 5.08. The van der Waals surface area contributed by atoms with Crippen LogP contribution in [0.3, 0.4) is 0 Å². The highest BCUT2D eigenvalue weighted by Gasteiger charge is 2.23. The molecule has 4 rings (SSSR count). The molecular weight excluding hydrogens is 474 g/mol. The van der Waals surface area contributed by atoms with Crippen molar-refractivity contribution in [2.75, 3.05) is 25.5 Å². The Hall–Kier alpha value is -3.80. The number of benzene rings is 3. The third-order valence-electron chi connectivity index (χ3n) is 7.29. The van der Waals surface area contributed by atoms with Crippen LogP contribution in [-0.2, 0) is 4.79 Å². The van der Waals surface area contributed by atoms with Gasteiger partial charge in [-0.1, -0.05) is 74.6 Å². The first-order chi connectivity index (χ1) is 18.6. The number of methoxy groups -OCH3 is 1. The summed E-state index contributed by atoms with van der Waals surface area (Å²) in [6, 6.07) is 24.7. The zero-order valence-corrected chi connectivity index (χ0v) is 22.2. The summed E-state index contributed by atoms with van der Waals surface area (Å²) in [6.45, 7) is 1.05. The van der Waals surface area contributed by atoms with E-state index in [2.05, 4.69) is 16.0 Å². The fraction of sp³-hybridized carbons (Fsp3) is 0.375. The molecule has 1 saturated carbocycles. The van der Waals surface area contributed by atoms with Crippen molar-refractivity contribution in [3.63, 3.8) is 0 Å². The lowest BCUT2D eigenvalue weighted by Crippen LogP contribution is -2.47. The summed E-state index contributed by atoms with van der Waals surface area (Å²) in [4.78, 5) is 26.4. The number of anilines is 1. The van der Waals surface area contributed by atoms with Crippen LogP contribution in [0.25, 0.3) is 11.1 Å². The van der Waals surface area contributed by atoms with E-state index in [0.29, 0.717) is 31.0 Å². The number of rotatable bonds is 12. The molecule has 0 unspecified atom stereocenters. The molecule has 1 atom stereocenters. The molecule has 2 amide bonds. The van der Waals surface area contributed by atoms with Gasteiger partial charge in [0.1, 0.15) is 11.8 Å². The Morgan fingerprint density at radius 1 is 0.868 bits per heavy atom. The van der Waals surface area contributed by atoms with Crippen molar-refractivity contribution in [2.45, 2.75) is 51.0 Å². The second-order valence-electron chi connectivity index (χ2n) is 10.0. The summed E-state index contributed by atoms with van der Waals surface area (Å²) < 4.78 is 5.19. The minimum atomic E-state index is -0.564. The Morgan fingerprint density at radius 2 is 1.61 bits per heavy atom. The molecule has 0 heterocycles. The quantitative estimate of drug-likeness (QED) is 0.258. The standard InChI is InChI=1S/C32H39N3O3/c1-38-29-18-16-28(17-19-29)33-21-22-34-32(37)30(20-15-24-9-4-2-5-10-24)35-31(36)27-14-8-13-26(23-27)25-11-6-3-7-12-25/h3,6-8,11-14,16-19,23-24,30,33H,2,4-5,9-10,15,20-22H2,1H3,(H,34,37)(H,35,36)/t30-/m0/s1. The van der Waals surface area contributed by atoms with Gasteiger partial charge in [-0.3, -0.25) is 9.59 Å². The van der Waals surface area contributed by atoms with E-state index in [4.69, 9.17) is 4.74 Å². The SMILES string of the molecule is COc1ccc(NCCNC(=O)[C@H](CCC2CCCCC2)NC(=O)c2cccc(-c3ccccc3)c2)cc1. The average Bonchev–Trinajstić information content (AvgIpc) is 2.98. The molecular formula is C32H39N3O3. The van der Waals surface area contributed by atoms with Crippen LogP contribution in [0.2, 0.25) is 0 Å². The predicted molar refractivity (Wildman–Crippen MR) is 153 cm³/mol. The molecule has 6 heteroatoms. The second kappa shape index (κ2) is 14.2. The van der Waals surface area contributed by atoms with Crippen LogP contribution in [0.1, 0.15) is 55.3 Å². The summed E-state index contributed by atoms with van der Waals surface area (Å²) in [5.41, 5.74) is 3.55. The summed E-state index contributed by atoms with van der Waals surface area (Å²) in [7, 11) is 1.64. The second-order valence-corrected chi connectivity index (χ2v) is 10.0. The normalized spacial score (nSPS) is 14.3. The number of carbonyl (C=O) groups is 2. The molecule has 0 bridgehead atoms. The molecule has 0 aromatic heterocycles. The van der Waals surface area contributed by atoms with Gasteiger partial charge in [0.15, 0.2) is 0 Å². The van der Waals surface area contributed by atoms with Crippen molar-refractivity contribution < 1.29 is 14.3 Å². The first-order valence-corrected chi connectivity index (χ1v) is 13.7. The fourth-order valence-corrected chi connectivity index (χ4v) is 5.08. The van der Waals surface area contributed by atoms with Gasteiger partial charge in [0.05, 0.1) is 7.11 Å². The molecule has 0 spiro atoms. The number of carbonyl (C=O) groups excluding carboxylic acids is 2. The third kappa shape index (κ3) is 8.10. The van der Waals surface area contributed by atoms with Crippen molar-refractivity contribution >= 4 is 17.5 Å². The van der Waals surface area contributed by atoms with E-state index in [1.165, 1.54) is 32.1 Å². The summed E-state index contributed by atoms with van der Waals surface area (Å²) in [5, 5.41) is 9.36. The maximum absolute atomic E-state index is 13.2. The summed E-state index contributed by atoms with van der Waals surface area (Å²) >= 11 is 0. The van der Waals surface area contributed by atoms with E-state index in [-0.39, 0.29) is 11.8 Å². The smallest absolute Gasteiger partial charge is 0.251 e. The van der Waals surface area contributed by atoms with E-state index in [1.807, 2.05) is 72.8 Å². The minimum Gasteiger partial charge on any atom is -0.497 e. The van der Waals surface area contributed by atoms with Crippen LogP contribution in [0.15, 0.2) is 78.9 Å². The molecule has 1 fully saturated rings. The van der Waals surface area contributed by atoms with Crippen molar-refractivity contribution in [2.24, 2.45) is 5.92 Å². The van der Waals surface area contributed by atoms with Gasteiger partial charge < -0.3 is 20.7 Å². The molecule has 1 aliphatic carbocycles. The van der Waals surface area contributed by atoms with Crippen LogP contribution in [0.4, 0.5) is 5.69 Å². The number of nitrogens with one attached hydrogen (secondary N) is 3. The van der Waals surface area contributed by atoms with Crippen molar-refractivity contribution in [1.82, 2.24) is 10.6 Å². The lowest BCUT2D eigenvalue weighted by atomic mass is 9.85. The van der Waals surface area contributed by atoms with Gasteiger partial charge in [-0.05, 0) is 66.3 Å². The molecule has 6 nitrogen and oxygen atoms in total. The first kappa shape index (κ1) is 27.2. The van der Waals surface area contributed by atoms with Gasteiger partial charge >= 0.3 is 0 Å². The van der Waals surface area contributed by atoms with Crippen LogP contribution in [0, 0.1) is 5.92 Å². The van der Waals surface area contributed by atoms with Crippen LogP contribution in [-0.4, -0.2) is 38.1 Å². The maximum atomic E-state index is 13.2. The lowest BCUT2D eigenvalue weighted by molar-refractivity contribution is -0.123. The zero-order valence-electron chi connectivity index (χ0n) is 22.2. The highest BCUT2D eigenvalue weighted by molar-refractivity contribution is 5.98. The lowest BCUT2D eigenvalue weighted by Gasteiger charge is -2.24. The van der Waals surface area contributed by atoms with E-state index < -0.39 is 6.04 Å². The van der Waals surface area contributed by atoms with Crippen LogP contribution < -0.4 is 20.7 Å². The third-order valence-corrected chi connectivity index (χ3v) is 7.29. The first-order valence-electron chi connectivity index (χ1n) is 13.7. The van der Waals surface area contributed by atoms with Crippen molar-refractivity contribution in [1.29, 1.82) is 0 Å². The van der Waals surface area contributed by atoms with Crippen molar-refractivity contribution in [3.8, 4) is 16.9 Å². The van der Waals surface area contributed by atoms with Gasteiger partial charge in [0, 0.05) is 24.3 Å². The maximum Gasteiger partial charge on any atom is 0.251 e. The van der Waals surface area contributed by atoms with E-state index in [1.54, 1.807) is 13.2 Å². The van der Waals surface area contributed by atoms with E-state index in [9.17, 15) is 9.59 Å². The van der Waals surface area contributed by atoms with Gasteiger partial charge in [-0.2, -0.15) is 0 Å². The van der Waals surface area contributed by atoms with Crippen LogP contribution >= 0.6 is 0 Å². The molecule has 3 aromatic carbocycles. The van der Waals surface area contributed by atoms with Crippen LogP contribution in [0.5, 0.6) is 5.75 Å². The molecule has 1 aliphatic rings. The highest BCUT2D eigenvalue weighted by atomic mass is 16.5. The molecule has 38 heavy (non-hydrogen) atoms. The number of hydrogen-bond donors (Lipinski definition) is 3. The average molecular weight is 514 g/mol. The Kier molecular flexibility index (Phi) is 10.2. The minimum absolute atomic E-state index is 0.134. The largest absolute Gasteiger partial charge is 0.497 e. The molecule has 200 valence electrons. The molecule has 0 aliphatic heterocycles. The summed E-state index contributed by atoms with van der Waals surface area (Å²) in [5.74, 6) is 1.08. The van der Waals surface area contributed by atoms with Gasteiger partial charge in [-0.25, -0.2) is 0 Å². The Balaban J connectivity index is 1.35. The van der Waals surface area contributed by atoms with Gasteiger partial charge in [-0.15, -0.1) is 0 Å².